The second-order valence-electron chi connectivity index (χ2n) is 8.31. The average molecular weight is 434 g/mol. The molecule has 2 atom stereocenters. The topological polar surface area (TPSA) is 59.3 Å². The van der Waals surface area contributed by atoms with Crippen LogP contribution in [0, 0.1) is 0 Å². The molecule has 7 nitrogen and oxygen atoms in total. The normalized spacial score (nSPS) is 21.4. The number of hydrogen-bond donors (Lipinski definition) is 0. The van der Waals surface area contributed by atoms with Crippen LogP contribution in [0.4, 0.5) is 0 Å². The Morgan fingerprint density at radius 1 is 1.13 bits per heavy atom. The van der Waals surface area contributed by atoms with E-state index in [4.69, 9.17) is 4.74 Å². The molecule has 2 aromatic rings. The van der Waals surface area contributed by atoms with Gasteiger partial charge in [-0.1, -0.05) is 50.1 Å². The lowest BCUT2D eigenvalue weighted by molar-refractivity contribution is -0.00000797. The van der Waals surface area contributed by atoms with Gasteiger partial charge in [-0.2, -0.15) is 0 Å². The summed E-state index contributed by atoms with van der Waals surface area (Å²) in [4.78, 5) is 5.15. The molecule has 2 saturated heterocycles. The van der Waals surface area contributed by atoms with Gasteiger partial charge in [-0.3, -0.25) is 9.80 Å². The molecule has 166 valence electrons. The highest BCUT2D eigenvalue weighted by Crippen LogP contribution is 2.27. The fourth-order valence-corrected chi connectivity index (χ4v) is 4.51. The predicted octanol–water partition coefficient (Wildman–Crippen LogP) is -0.0948. The van der Waals surface area contributed by atoms with Gasteiger partial charge in [-0.15, -0.1) is 5.10 Å². The third kappa shape index (κ3) is 6.00. The van der Waals surface area contributed by atoms with Crippen LogP contribution in [0.15, 0.2) is 30.3 Å². The van der Waals surface area contributed by atoms with Crippen LogP contribution in [0.3, 0.4) is 0 Å². The lowest BCUT2D eigenvalue weighted by Crippen LogP contribution is -3.00. The largest absolute Gasteiger partial charge is 1.00 e. The minimum absolute atomic E-state index is 0. The molecule has 3 heterocycles. The first-order valence-corrected chi connectivity index (χ1v) is 11.2. The molecule has 30 heavy (non-hydrogen) atoms. The van der Waals surface area contributed by atoms with Gasteiger partial charge in [0.05, 0.1) is 18.7 Å². The highest BCUT2D eigenvalue weighted by Gasteiger charge is 2.30. The van der Waals surface area contributed by atoms with Crippen molar-refractivity contribution in [1.29, 1.82) is 0 Å². The molecule has 2 aliphatic heterocycles. The van der Waals surface area contributed by atoms with Crippen molar-refractivity contribution in [2.45, 2.75) is 64.3 Å². The highest BCUT2D eigenvalue weighted by molar-refractivity contribution is 5.14. The van der Waals surface area contributed by atoms with Crippen LogP contribution in [0.5, 0.6) is 0 Å². The van der Waals surface area contributed by atoms with Crippen LogP contribution < -0.4 is 12.4 Å². The molecule has 2 aliphatic rings. The van der Waals surface area contributed by atoms with E-state index in [-0.39, 0.29) is 18.5 Å². The van der Waals surface area contributed by atoms with Crippen molar-refractivity contribution in [3.8, 4) is 0 Å². The summed E-state index contributed by atoms with van der Waals surface area (Å²) < 4.78 is 7.83. The number of tetrazole rings is 1. The molecule has 8 heteroatoms. The van der Waals surface area contributed by atoms with Crippen LogP contribution >= 0.6 is 0 Å². The first-order valence-electron chi connectivity index (χ1n) is 11.2. The number of ether oxygens (including phenoxy) is 1. The maximum Gasteiger partial charge on any atom is 0.168 e. The van der Waals surface area contributed by atoms with Crippen LogP contribution in [0.2, 0.25) is 0 Å². The molecular weight excluding hydrogens is 400 g/mol. The maximum absolute atomic E-state index is 5.82. The Morgan fingerprint density at radius 2 is 1.93 bits per heavy atom. The molecule has 0 saturated carbocycles. The number of piperazine rings is 1. The van der Waals surface area contributed by atoms with Crippen molar-refractivity contribution < 1.29 is 17.1 Å². The standard InChI is InChI=1S/C22H34N6O.ClH/c1-2-3-11-21(22-23-24-25-28(22)18-20-10-7-16-29-20)27-14-12-26(13-15-27)17-19-8-5-4-6-9-19;/h4-6,8-9,20-21H,2-3,7,10-18H2,1H3;1H/p-1. The Morgan fingerprint density at radius 3 is 2.63 bits per heavy atom. The molecule has 2 fully saturated rings. The van der Waals surface area contributed by atoms with Gasteiger partial charge in [0, 0.05) is 39.3 Å². The first kappa shape index (κ1) is 23.1. The Bertz CT molecular complexity index is 728. The van der Waals surface area contributed by atoms with E-state index in [0.717, 1.165) is 71.0 Å². The smallest absolute Gasteiger partial charge is 0.168 e. The number of unbranched alkanes of at least 4 members (excludes halogenated alkanes) is 1. The van der Waals surface area contributed by atoms with Crippen LogP contribution in [0.25, 0.3) is 0 Å². The van der Waals surface area contributed by atoms with Crippen molar-refractivity contribution in [1.82, 2.24) is 30.0 Å². The van der Waals surface area contributed by atoms with E-state index in [0.29, 0.717) is 6.04 Å². The number of benzene rings is 1. The molecular formula is C22H34ClN6O-. The molecule has 0 radical (unpaired) electrons. The third-order valence-corrected chi connectivity index (χ3v) is 6.19. The fraction of sp³-hybridized carbons (Fsp3) is 0.682. The van der Waals surface area contributed by atoms with Gasteiger partial charge in [0.25, 0.3) is 0 Å². The van der Waals surface area contributed by atoms with Gasteiger partial charge in [0.2, 0.25) is 0 Å². The summed E-state index contributed by atoms with van der Waals surface area (Å²) in [5, 5.41) is 12.8. The van der Waals surface area contributed by atoms with Gasteiger partial charge < -0.3 is 17.1 Å². The Balaban J connectivity index is 0.00000256. The lowest BCUT2D eigenvalue weighted by atomic mass is 10.1. The molecule has 0 spiro atoms. The zero-order valence-corrected chi connectivity index (χ0v) is 18.8. The Labute approximate surface area is 186 Å². The molecule has 1 aromatic heterocycles. The van der Waals surface area contributed by atoms with E-state index in [1.165, 1.54) is 18.4 Å². The average Bonchev–Trinajstić information content (AvgIpc) is 3.43. The summed E-state index contributed by atoms with van der Waals surface area (Å²) in [5.74, 6) is 1.02. The number of rotatable bonds is 9. The molecule has 4 rings (SSSR count). The van der Waals surface area contributed by atoms with Gasteiger partial charge in [-0.05, 0) is 35.3 Å². The molecule has 0 bridgehead atoms. The minimum atomic E-state index is 0. The predicted molar refractivity (Wildman–Crippen MR) is 112 cm³/mol. The first-order chi connectivity index (χ1) is 14.3. The van der Waals surface area contributed by atoms with Crippen molar-refractivity contribution in [2.24, 2.45) is 0 Å². The monoisotopic (exact) mass is 433 g/mol. The number of hydrogen-bond acceptors (Lipinski definition) is 6. The highest BCUT2D eigenvalue weighted by atomic mass is 35.5. The van der Waals surface area contributed by atoms with E-state index in [1.54, 1.807) is 0 Å². The van der Waals surface area contributed by atoms with Gasteiger partial charge in [-0.25, -0.2) is 4.68 Å². The minimum Gasteiger partial charge on any atom is -1.00 e. The molecule has 1 aromatic carbocycles. The van der Waals surface area contributed by atoms with Crippen molar-refractivity contribution in [3.05, 3.63) is 41.7 Å². The summed E-state index contributed by atoms with van der Waals surface area (Å²) in [7, 11) is 0. The van der Waals surface area contributed by atoms with Crippen molar-refractivity contribution >= 4 is 0 Å². The maximum atomic E-state index is 5.82. The zero-order valence-electron chi connectivity index (χ0n) is 18.0. The van der Waals surface area contributed by atoms with E-state index in [9.17, 15) is 0 Å². The third-order valence-electron chi connectivity index (χ3n) is 6.19. The molecule has 2 unspecified atom stereocenters. The van der Waals surface area contributed by atoms with Crippen LogP contribution in [0.1, 0.15) is 56.5 Å². The second-order valence-corrected chi connectivity index (χ2v) is 8.31. The molecule has 0 N–H and O–H groups in total. The van der Waals surface area contributed by atoms with Gasteiger partial charge in [0.1, 0.15) is 0 Å². The van der Waals surface area contributed by atoms with E-state index < -0.39 is 0 Å². The van der Waals surface area contributed by atoms with E-state index in [2.05, 4.69) is 62.6 Å². The SMILES string of the molecule is CCCCC(c1nnnn1CC1CCCO1)N1CCN(Cc2ccccc2)CC1.[Cl-]. The van der Waals surface area contributed by atoms with Crippen molar-refractivity contribution in [2.75, 3.05) is 32.8 Å². The van der Waals surface area contributed by atoms with Crippen molar-refractivity contribution in [3.63, 3.8) is 0 Å². The second kappa shape index (κ2) is 11.7. The summed E-state index contributed by atoms with van der Waals surface area (Å²) in [6.07, 6.45) is 6.01. The van der Waals surface area contributed by atoms with E-state index in [1.807, 2.05) is 4.68 Å². The van der Waals surface area contributed by atoms with Crippen LogP contribution in [-0.4, -0.2) is 68.9 Å². The molecule has 0 aliphatic carbocycles. The number of nitrogens with zero attached hydrogens (tertiary/aromatic N) is 6. The van der Waals surface area contributed by atoms with Gasteiger partial charge >= 0.3 is 0 Å². The van der Waals surface area contributed by atoms with Crippen LogP contribution in [-0.2, 0) is 17.8 Å². The molecule has 0 amide bonds. The number of halogens is 1. The number of aromatic nitrogens is 4. The summed E-state index contributed by atoms with van der Waals surface area (Å²) in [6, 6.07) is 11.1. The quantitative estimate of drug-likeness (QED) is 0.550. The summed E-state index contributed by atoms with van der Waals surface area (Å²) in [6.45, 7) is 9.23. The Kier molecular flexibility index (Phi) is 9.05. The summed E-state index contributed by atoms with van der Waals surface area (Å²) in [5.41, 5.74) is 1.39. The Hall–Kier alpha value is -1.54. The van der Waals surface area contributed by atoms with Gasteiger partial charge in [0.15, 0.2) is 5.82 Å². The summed E-state index contributed by atoms with van der Waals surface area (Å²) >= 11 is 0. The fourth-order valence-electron chi connectivity index (χ4n) is 4.51. The lowest BCUT2D eigenvalue weighted by Gasteiger charge is -2.39. The van der Waals surface area contributed by atoms with E-state index >= 15 is 0 Å². The zero-order chi connectivity index (χ0) is 19.9.